The Balaban J connectivity index is 1.96. The topological polar surface area (TPSA) is 84.9 Å². The number of methoxy groups -OCH3 is 1. The van der Waals surface area contributed by atoms with Crippen LogP contribution in [0.25, 0.3) is 0 Å². The summed E-state index contributed by atoms with van der Waals surface area (Å²) in [5.41, 5.74) is -0.237. The minimum absolute atomic E-state index is 0.107. The van der Waals surface area contributed by atoms with Gasteiger partial charge in [-0.1, -0.05) is 12.1 Å². The Morgan fingerprint density at radius 3 is 2.67 bits per heavy atom. The molecule has 114 valence electrons. The minimum atomic E-state index is -1.07. The van der Waals surface area contributed by atoms with Crippen molar-refractivity contribution in [3.63, 3.8) is 0 Å². The fraction of sp³-hybridized carbons (Fsp3) is 0.467. The van der Waals surface area contributed by atoms with E-state index >= 15 is 0 Å². The second-order valence-corrected chi connectivity index (χ2v) is 5.38. The predicted octanol–water partition coefficient (Wildman–Crippen LogP) is 0.844. The molecule has 1 aromatic carbocycles. The second-order valence-electron chi connectivity index (χ2n) is 5.38. The molecule has 0 bridgehead atoms. The molecule has 1 aliphatic rings. The van der Waals surface area contributed by atoms with E-state index in [1.807, 2.05) is 0 Å². The molecule has 6 nitrogen and oxygen atoms in total. The smallest absolute Gasteiger partial charge is 0.313 e. The van der Waals surface area contributed by atoms with Crippen molar-refractivity contribution >= 4 is 11.9 Å². The zero-order chi connectivity index (χ0) is 15.5. The molecule has 0 spiro atoms. The van der Waals surface area contributed by atoms with Crippen LogP contribution >= 0.6 is 0 Å². The van der Waals surface area contributed by atoms with E-state index in [1.165, 1.54) is 0 Å². The molecule has 2 unspecified atom stereocenters. The summed E-state index contributed by atoms with van der Waals surface area (Å²) in [6.07, 6.45) is 0.191. The van der Waals surface area contributed by atoms with Crippen molar-refractivity contribution in [2.24, 2.45) is 5.41 Å². The van der Waals surface area contributed by atoms with E-state index in [-0.39, 0.29) is 25.5 Å². The Morgan fingerprint density at radius 1 is 1.43 bits per heavy atom. The van der Waals surface area contributed by atoms with Crippen LogP contribution in [0.4, 0.5) is 0 Å². The number of carbonyl (C=O) groups is 2. The van der Waals surface area contributed by atoms with Gasteiger partial charge in [0.25, 0.3) is 0 Å². The average Bonchev–Trinajstić information content (AvgIpc) is 2.82. The first kappa shape index (κ1) is 15.3. The first-order chi connectivity index (χ1) is 9.95. The predicted molar refractivity (Wildman–Crippen MR) is 75.2 cm³/mol. The summed E-state index contributed by atoms with van der Waals surface area (Å²) in [4.78, 5) is 23.3. The summed E-state index contributed by atoms with van der Waals surface area (Å²) in [6, 6.07) is 6.66. The van der Waals surface area contributed by atoms with Crippen LogP contribution in [0.2, 0.25) is 0 Å². The zero-order valence-corrected chi connectivity index (χ0v) is 12.1. The van der Waals surface area contributed by atoms with Crippen LogP contribution in [0, 0.1) is 5.41 Å². The molecule has 6 heteroatoms. The number of ether oxygens (including phenoxy) is 2. The Hall–Kier alpha value is -2.08. The van der Waals surface area contributed by atoms with Gasteiger partial charge in [0.1, 0.15) is 11.2 Å². The number of carboxylic acids is 1. The van der Waals surface area contributed by atoms with E-state index in [0.717, 1.165) is 11.3 Å². The molecule has 0 saturated carbocycles. The number of amides is 1. The summed E-state index contributed by atoms with van der Waals surface area (Å²) in [5, 5.41) is 12.0. The lowest BCUT2D eigenvalue weighted by atomic mass is 9.85. The highest BCUT2D eigenvalue weighted by molar-refractivity contribution is 5.81. The van der Waals surface area contributed by atoms with Crippen LogP contribution in [0.5, 0.6) is 5.75 Å². The van der Waals surface area contributed by atoms with Gasteiger partial charge in [-0.3, -0.25) is 9.59 Å². The van der Waals surface area contributed by atoms with Crippen LogP contribution in [0.1, 0.15) is 12.5 Å². The normalized spacial score (nSPS) is 24.6. The summed E-state index contributed by atoms with van der Waals surface area (Å²) < 4.78 is 10.3. The molecule has 2 N–H and O–H groups in total. The molecular formula is C15H19NO5. The monoisotopic (exact) mass is 293 g/mol. The van der Waals surface area contributed by atoms with Gasteiger partial charge in [0.05, 0.1) is 32.8 Å². The molecule has 0 aromatic heterocycles. The molecule has 1 fully saturated rings. The quantitative estimate of drug-likeness (QED) is 0.840. The van der Waals surface area contributed by atoms with Crippen LogP contribution in [0.15, 0.2) is 24.3 Å². The number of nitrogens with one attached hydrogen (secondary N) is 1. The van der Waals surface area contributed by atoms with Gasteiger partial charge in [0, 0.05) is 0 Å². The van der Waals surface area contributed by atoms with Gasteiger partial charge in [0.2, 0.25) is 5.91 Å². The van der Waals surface area contributed by atoms with Crippen molar-refractivity contribution < 1.29 is 24.2 Å². The molecule has 2 atom stereocenters. The van der Waals surface area contributed by atoms with Gasteiger partial charge in [-0.25, -0.2) is 0 Å². The first-order valence-corrected chi connectivity index (χ1v) is 6.69. The molecule has 1 aliphatic heterocycles. The van der Waals surface area contributed by atoms with E-state index in [9.17, 15) is 14.7 Å². The highest BCUT2D eigenvalue weighted by atomic mass is 16.5. The van der Waals surface area contributed by atoms with Crippen LogP contribution in [-0.2, 0) is 20.7 Å². The van der Waals surface area contributed by atoms with E-state index in [4.69, 9.17) is 9.47 Å². The van der Waals surface area contributed by atoms with Gasteiger partial charge >= 0.3 is 5.97 Å². The number of aliphatic carboxylic acids is 1. The SMILES string of the molecule is COc1ccc(CC(=O)NC2COCC2(C)C(=O)O)cc1. The fourth-order valence-corrected chi connectivity index (χ4v) is 2.26. The Kier molecular flexibility index (Phi) is 4.47. The van der Waals surface area contributed by atoms with Crippen molar-refractivity contribution in [1.29, 1.82) is 0 Å². The molecule has 1 heterocycles. The average molecular weight is 293 g/mol. The molecule has 0 radical (unpaired) electrons. The van der Waals surface area contributed by atoms with Gasteiger partial charge < -0.3 is 19.9 Å². The van der Waals surface area contributed by atoms with Gasteiger partial charge in [-0.2, -0.15) is 0 Å². The molecule has 21 heavy (non-hydrogen) atoms. The lowest BCUT2D eigenvalue weighted by Gasteiger charge is -2.25. The summed E-state index contributed by atoms with van der Waals surface area (Å²) >= 11 is 0. The van der Waals surface area contributed by atoms with Crippen molar-refractivity contribution in [1.82, 2.24) is 5.32 Å². The first-order valence-electron chi connectivity index (χ1n) is 6.69. The maximum Gasteiger partial charge on any atom is 0.313 e. The lowest BCUT2D eigenvalue weighted by molar-refractivity contribution is -0.149. The number of carbonyl (C=O) groups excluding carboxylic acids is 1. The summed E-state index contributed by atoms with van der Waals surface area (Å²) in [7, 11) is 1.58. The third-order valence-corrected chi connectivity index (χ3v) is 3.80. The Morgan fingerprint density at radius 2 is 2.10 bits per heavy atom. The molecule has 0 aliphatic carbocycles. The van der Waals surface area contributed by atoms with Crippen LogP contribution in [0.3, 0.4) is 0 Å². The maximum absolute atomic E-state index is 12.0. The van der Waals surface area contributed by atoms with Gasteiger partial charge in [-0.15, -0.1) is 0 Å². The summed E-state index contributed by atoms with van der Waals surface area (Å²) in [6.45, 7) is 1.91. The number of carboxylic acid groups (broad SMARTS) is 1. The highest BCUT2D eigenvalue weighted by Gasteiger charge is 2.47. The molecule has 1 saturated heterocycles. The maximum atomic E-state index is 12.0. The van der Waals surface area contributed by atoms with E-state index in [1.54, 1.807) is 38.3 Å². The van der Waals surface area contributed by atoms with Crippen molar-refractivity contribution in [2.45, 2.75) is 19.4 Å². The van der Waals surface area contributed by atoms with Crippen molar-refractivity contribution in [2.75, 3.05) is 20.3 Å². The number of hydrogen-bond donors (Lipinski definition) is 2. The standard InChI is InChI=1S/C15H19NO5/c1-15(14(18)19)9-21-8-12(15)16-13(17)7-10-3-5-11(20-2)6-4-10/h3-6,12H,7-9H2,1-2H3,(H,16,17)(H,18,19). The molecule has 2 rings (SSSR count). The molecule has 1 aromatic rings. The Bertz CT molecular complexity index is 527. The number of hydrogen-bond acceptors (Lipinski definition) is 4. The van der Waals surface area contributed by atoms with Crippen molar-refractivity contribution in [3.8, 4) is 5.75 Å². The second kappa shape index (κ2) is 6.13. The van der Waals surface area contributed by atoms with Crippen LogP contribution < -0.4 is 10.1 Å². The van der Waals surface area contributed by atoms with Crippen molar-refractivity contribution in [3.05, 3.63) is 29.8 Å². The third-order valence-electron chi connectivity index (χ3n) is 3.80. The minimum Gasteiger partial charge on any atom is -0.497 e. The largest absolute Gasteiger partial charge is 0.497 e. The number of rotatable bonds is 5. The lowest BCUT2D eigenvalue weighted by Crippen LogP contribution is -2.50. The fourth-order valence-electron chi connectivity index (χ4n) is 2.26. The van der Waals surface area contributed by atoms with Gasteiger partial charge in [-0.05, 0) is 24.6 Å². The van der Waals surface area contributed by atoms with Gasteiger partial charge in [0.15, 0.2) is 0 Å². The number of benzene rings is 1. The van der Waals surface area contributed by atoms with Crippen LogP contribution in [-0.4, -0.2) is 43.3 Å². The highest BCUT2D eigenvalue weighted by Crippen LogP contribution is 2.28. The van der Waals surface area contributed by atoms with E-state index in [0.29, 0.717) is 0 Å². The third kappa shape index (κ3) is 3.33. The molecule has 1 amide bonds. The zero-order valence-electron chi connectivity index (χ0n) is 12.1. The van der Waals surface area contributed by atoms with E-state index < -0.39 is 17.4 Å². The summed E-state index contributed by atoms with van der Waals surface area (Å²) in [5.74, 6) is -0.459. The molecular weight excluding hydrogens is 274 g/mol. The Labute approximate surface area is 123 Å². The van der Waals surface area contributed by atoms with E-state index in [2.05, 4.69) is 5.32 Å².